The summed E-state index contributed by atoms with van der Waals surface area (Å²) in [6.07, 6.45) is 1.68. The maximum absolute atomic E-state index is 12.4. The number of ether oxygens (including phenoxy) is 1. The largest absolute Gasteiger partial charge is 0.452 e. The molecule has 0 bridgehead atoms. The molecule has 1 aromatic rings. The summed E-state index contributed by atoms with van der Waals surface area (Å²) in [5.41, 5.74) is 0.131. The highest BCUT2D eigenvalue weighted by atomic mass is 32.2. The minimum atomic E-state index is -3.55. The smallest absolute Gasteiger partial charge is 0.338 e. The van der Waals surface area contributed by atoms with Crippen LogP contribution in [0.2, 0.25) is 0 Å². The van der Waals surface area contributed by atoms with Gasteiger partial charge in [-0.25, -0.2) is 13.2 Å². The number of nitrogens with zero attached hydrogens (tertiary/aromatic N) is 1. The summed E-state index contributed by atoms with van der Waals surface area (Å²) < 4.78 is 31.1. The second-order valence-corrected chi connectivity index (χ2v) is 7.88. The van der Waals surface area contributed by atoms with Crippen LogP contribution >= 0.6 is 0 Å². The molecule has 0 unspecified atom stereocenters. The first-order chi connectivity index (χ1) is 12.8. The third-order valence-corrected chi connectivity index (χ3v) is 5.86. The summed E-state index contributed by atoms with van der Waals surface area (Å²) in [4.78, 5) is 34.9. The van der Waals surface area contributed by atoms with Crippen LogP contribution in [0.4, 0.5) is 0 Å². The molecule has 10 heteroatoms. The van der Waals surface area contributed by atoms with Gasteiger partial charge in [-0.3, -0.25) is 9.59 Å². The van der Waals surface area contributed by atoms with Crippen molar-refractivity contribution in [3.05, 3.63) is 29.8 Å². The Kier molecular flexibility index (Phi) is 7.31. The fraction of sp³-hybridized carbons (Fsp3) is 0.471. The van der Waals surface area contributed by atoms with Crippen molar-refractivity contribution in [1.29, 1.82) is 0 Å². The molecule has 0 saturated carbocycles. The molecular formula is C17H23N3O6S. The highest BCUT2D eigenvalue weighted by molar-refractivity contribution is 7.89. The first-order valence-corrected chi connectivity index (χ1v) is 10.1. The second kappa shape index (κ2) is 9.47. The van der Waals surface area contributed by atoms with Gasteiger partial charge in [0.2, 0.25) is 15.9 Å². The lowest BCUT2D eigenvalue weighted by molar-refractivity contribution is -0.127. The number of amides is 2. The maximum Gasteiger partial charge on any atom is 0.338 e. The maximum atomic E-state index is 12.4. The molecule has 1 saturated heterocycles. The topological polar surface area (TPSA) is 122 Å². The number of sulfonamides is 1. The predicted octanol–water partition coefficient (Wildman–Crippen LogP) is -0.120. The average Bonchev–Trinajstić information content (AvgIpc) is 3.20. The van der Waals surface area contributed by atoms with Crippen molar-refractivity contribution in [2.45, 2.75) is 24.7 Å². The molecule has 0 aliphatic carbocycles. The zero-order valence-electron chi connectivity index (χ0n) is 15.1. The van der Waals surface area contributed by atoms with Gasteiger partial charge in [-0.2, -0.15) is 4.31 Å². The third kappa shape index (κ3) is 5.76. The SMILES string of the molecule is CCNC(=O)CNC(=O)COC(=O)c1ccc(S(=O)(=O)N2CCCC2)cc1. The fourth-order valence-electron chi connectivity index (χ4n) is 2.54. The zero-order valence-corrected chi connectivity index (χ0v) is 15.9. The molecule has 1 heterocycles. The molecule has 0 spiro atoms. The summed E-state index contributed by atoms with van der Waals surface area (Å²) in [6, 6.07) is 5.38. The quantitative estimate of drug-likeness (QED) is 0.590. The molecule has 0 atom stereocenters. The zero-order chi connectivity index (χ0) is 19.9. The summed E-state index contributed by atoms with van der Waals surface area (Å²) in [5, 5.41) is 4.84. The van der Waals surface area contributed by atoms with Gasteiger partial charge in [0, 0.05) is 19.6 Å². The van der Waals surface area contributed by atoms with Crippen LogP contribution in [0.15, 0.2) is 29.2 Å². The highest BCUT2D eigenvalue weighted by Crippen LogP contribution is 2.21. The predicted molar refractivity (Wildman–Crippen MR) is 96.4 cm³/mol. The first kappa shape index (κ1) is 20.8. The Hall–Kier alpha value is -2.46. The minimum absolute atomic E-state index is 0.112. The number of nitrogens with one attached hydrogen (secondary N) is 2. The van der Waals surface area contributed by atoms with Gasteiger partial charge in [0.05, 0.1) is 17.0 Å². The molecule has 1 aliphatic heterocycles. The number of likely N-dealkylation sites (N-methyl/N-ethyl adjacent to an activating group) is 1. The molecular weight excluding hydrogens is 374 g/mol. The van der Waals surface area contributed by atoms with Crippen molar-refractivity contribution >= 4 is 27.8 Å². The van der Waals surface area contributed by atoms with Crippen molar-refractivity contribution in [3.63, 3.8) is 0 Å². The van der Waals surface area contributed by atoms with Crippen molar-refractivity contribution in [3.8, 4) is 0 Å². The Labute approximate surface area is 158 Å². The van der Waals surface area contributed by atoms with E-state index < -0.39 is 28.5 Å². The standard InChI is InChI=1S/C17H23N3O6S/c1-2-18-15(21)11-19-16(22)12-26-17(23)13-5-7-14(8-6-13)27(24,25)20-9-3-4-10-20/h5-8H,2-4,9-12H2,1H3,(H,18,21)(H,19,22). The van der Waals surface area contributed by atoms with Crippen LogP contribution in [0.25, 0.3) is 0 Å². The lowest BCUT2D eigenvalue weighted by Crippen LogP contribution is -2.38. The van der Waals surface area contributed by atoms with E-state index in [9.17, 15) is 22.8 Å². The van der Waals surface area contributed by atoms with Gasteiger partial charge in [0.1, 0.15) is 0 Å². The van der Waals surface area contributed by atoms with Crippen LogP contribution in [-0.4, -0.2) is 63.3 Å². The van der Waals surface area contributed by atoms with Crippen molar-refractivity contribution in [2.75, 3.05) is 32.8 Å². The van der Waals surface area contributed by atoms with E-state index in [1.807, 2.05) is 0 Å². The minimum Gasteiger partial charge on any atom is -0.452 e. The molecule has 27 heavy (non-hydrogen) atoms. The van der Waals surface area contributed by atoms with Crippen molar-refractivity contribution < 1.29 is 27.5 Å². The van der Waals surface area contributed by atoms with Gasteiger partial charge in [-0.1, -0.05) is 0 Å². The molecule has 9 nitrogen and oxygen atoms in total. The van der Waals surface area contributed by atoms with Gasteiger partial charge < -0.3 is 15.4 Å². The van der Waals surface area contributed by atoms with Gasteiger partial charge in [0.25, 0.3) is 5.91 Å². The molecule has 1 aromatic carbocycles. The molecule has 0 aromatic heterocycles. The Bertz CT molecular complexity index is 785. The Morgan fingerprint density at radius 1 is 1.04 bits per heavy atom. The second-order valence-electron chi connectivity index (χ2n) is 5.94. The van der Waals surface area contributed by atoms with Gasteiger partial charge in [-0.05, 0) is 44.0 Å². The van der Waals surface area contributed by atoms with Crippen LogP contribution < -0.4 is 10.6 Å². The Morgan fingerprint density at radius 3 is 2.26 bits per heavy atom. The summed E-state index contributed by atoms with van der Waals surface area (Å²) >= 11 is 0. The van der Waals surface area contributed by atoms with Gasteiger partial charge in [0.15, 0.2) is 6.61 Å². The third-order valence-electron chi connectivity index (χ3n) is 3.95. The number of hydrogen-bond acceptors (Lipinski definition) is 6. The highest BCUT2D eigenvalue weighted by Gasteiger charge is 2.27. The Morgan fingerprint density at radius 2 is 1.67 bits per heavy atom. The number of esters is 1. The van der Waals surface area contributed by atoms with Crippen molar-refractivity contribution in [1.82, 2.24) is 14.9 Å². The monoisotopic (exact) mass is 397 g/mol. The molecule has 1 fully saturated rings. The number of benzene rings is 1. The molecule has 0 radical (unpaired) electrons. The van der Waals surface area contributed by atoms with Gasteiger partial charge in [-0.15, -0.1) is 0 Å². The van der Waals surface area contributed by atoms with Gasteiger partial charge >= 0.3 is 5.97 Å². The van der Waals surface area contributed by atoms with E-state index in [4.69, 9.17) is 4.74 Å². The van der Waals surface area contributed by atoms with E-state index >= 15 is 0 Å². The van der Waals surface area contributed by atoms with E-state index in [2.05, 4.69) is 10.6 Å². The van der Waals surface area contributed by atoms with Crippen LogP contribution in [0, 0.1) is 0 Å². The normalized spacial score (nSPS) is 14.6. The lowest BCUT2D eigenvalue weighted by atomic mass is 10.2. The van der Waals surface area contributed by atoms with Crippen LogP contribution in [0.3, 0.4) is 0 Å². The molecule has 148 valence electrons. The van der Waals surface area contributed by atoms with Crippen molar-refractivity contribution in [2.24, 2.45) is 0 Å². The van der Waals surface area contributed by atoms with E-state index in [0.717, 1.165) is 12.8 Å². The van der Waals surface area contributed by atoms with E-state index in [1.165, 1.54) is 28.6 Å². The average molecular weight is 397 g/mol. The van der Waals surface area contributed by atoms with E-state index in [1.54, 1.807) is 6.92 Å². The van der Waals surface area contributed by atoms with Crippen LogP contribution in [-0.2, 0) is 24.3 Å². The number of carbonyl (C=O) groups is 3. The molecule has 2 rings (SSSR count). The Balaban J connectivity index is 1.86. The number of rotatable bonds is 8. The fourth-order valence-corrected chi connectivity index (χ4v) is 4.06. The number of carbonyl (C=O) groups excluding carboxylic acids is 3. The molecule has 2 N–H and O–H groups in total. The lowest BCUT2D eigenvalue weighted by Gasteiger charge is -2.15. The first-order valence-electron chi connectivity index (χ1n) is 8.65. The molecule has 1 aliphatic rings. The van der Waals surface area contributed by atoms with E-state index in [-0.39, 0.29) is 22.9 Å². The van der Waals surface area contributed by atoms with Crippen LogP contribution in [0.5, 0.6) is 0 Å². The molecule has 2 amide bonds. The summed E-state index contributed by atoms with van der Waals surface area (Å²) in [7, 11) is -3.55. The van der Waals surface area contributed by atoms with Crippen LogP contribution in [0.1, 0.15) is 30.1 Å². The summed E-state index contributed by atoms with van der Waals surface area (Å²) in [5.74, 6) is -1.71. The van der Waals surface area contributed by atoms with E-state index in [0.29, 0.717) is 19.6 Å². The summed E-state index contributed by atoms with van der Waals surface area (Å²) in [6.45, 7) is 2.46. The number of hydrogen-bond donors (Lipinski definition) is 2.